The van der Waals surface area contributed by atoms with E-state index in [1.165, 1.54) is 17.7 Å². The molecule has 7 heteroatoms. The van der Waals surface area contributed by atoms with Gasteiger partial charge in [-0.3, -0.25) is 4.79 Å². The van der Waals surface area contributed by atoms with Crippen molar-refractivity contribution in [1.29, 1.82) is 0 Å². The first-order valence-electron chi connectivity index (χ1n) is 11.7. The maximum absolute atomic E-state index is 14.0. The number of hydrogen-bond donors (Lipinski definition) is 3. The molecule has 34 heavy (non-hydrogen) atoms. The van der Waals surface area contributed by atoms with Crippen LogP contribution in [0.25, 0.3) is 27.7 Å². The molecule has 2 heterocycles. The quantitative estimate of drug-likeness (QED) is 0.476. The highest BCUT2D eigenvalue weighted by atomic mass is 19.1. The Morgan fingerprint density at radius 1 is 1.24 bits per heavy atom. The van der Waals surface area contributed by atoms with E-state index < -0.39 is 0 Å². The van der Waals surface area contributed by atoms with Crippen molar-refractivity contribution >= 4 is 22.5 Å². The lowest BCUT2D eigenvalue weighted by Crippen LogP contribution is -2.52. The van der Waals surface area contributed by atoms with Gasteiger partial charge in [0, 0.05) is 28.9 Å². The Morgan fingerprint density at radius 2 is 2.03 bits per heavy atom. The second kappa shape index (κ2) is 9.58. The van der Waals surface area contributed by atoms with Gasteiger partial charge < -0.3 is 20.4 Å². The number of hydrogen-bond acceptors (Lipinski definition) is 4. The van der Waals surface area contributed by atoms with Gasteiger partial charge in [-0.25, -0.2) is 9.37 Å². The van der Waals surface area contributed by atoms with Gasteiger partial charge >= 0.3 is 0 Å². The smallest absolute Gasteiger partial charge is 0.237 e. The minimum Gasteiger partial charge on any atom is -0.496 e. The number of carbonyl (C=O) groups excluding carboxylic acids is 1. The minimum atomic E-state index is -0.313. The van der Waals surface area contributed by atoms with Crippen LogP contribution in [0, 0.1) is 11.2 Å². The van der Waals surface area contributed by atoms with Crippen LogP contribution in [0.5, 0.6) is 5.75 Å². The van der Waals surface area contributed by atoms with E-state index in [0.29, 0.717) is 11.3 Å². The lowest BCUT2D eigenvalue weighted by atomic mass is 9.85. The van der Waals surface area contributed by atoms with Crippen molar-refractivity contribution < 1.29 is 13.9 Å². The van der Waals surface area contributed by atoms with Crippen molar-refractivity contribution in [1.82, 2.24) is 20.6 Å². The van der Waals surface area contributed by atoms with Crippen LogP contribution in [0.1, 0.15) is 45.7 Å². The first-order valence-corrected chi connectivity index (χ1v) is 11.7. The number of allylic oxidation sites excluding steroid dienone is 1. The van der Waals surface area contributed by atoms with Crippen molar-refractivity contribution in [2.24, 2.45) is 5.41 Å². The number of fused-ring (bicyclic) bond motifs is 1. The lowest BCUT2D eigenvalue weighted by molar-refractivity contribution is -0.126. The first kappa shape index (κ1) is 24.0. The van der Waals surface area contributed by atoms with Gasteiger partial charge in [0.05, 0.1) is 13.2 Å². The SMILES string of the molecule is CN[C@H](C(=O)NC1CC=C(c2cc3c(-c4cc(F)ccc4OC)ccnc3[nH]2)CC1)C(C)(C)C. The number of H-pyrrole nitrogens is 1. The van der Waals surface area contributed by atoms with E-state index in [4.69, 9.17) is 4.74 Å². The molecule has 1 aliphatic carbocycles. The number of methoxy groups -OCH3 is 1. The third-order valence-electron chi connectivity index (χ3n) is 6.50. The second-order valence-corrected chi connectivity index (χ2v) is 9.95. The Morgan fingerprint density at radius 3 is 2.68 bits per heavy atom. The van der Waals surface area contributed by atoms with Gasteiger partial charge in [0.15, 0.2) is 0 Å². The van der Waals surface area contributed by atoms with Gasteiger partial charge in [-0.2, -0.15) is 0 Å². The van der Waals surface area contributed by atoms with Crippen LogP contribution in [-0.4, -0.2) is 42.1 Å². The van der Waals surface area contributed by atoms with E-state index in [1.54, 1.807) is 19.4 Å². The van der Waals surface area contributed by atoms with Crippen LogP contribution in [0.2, 0.25) is 0 Å². The van der Waals surface area contributed by atoms with Crippen LogP contribution in [0.3, 0.4) is 0 Å². The normalized spacial score (nSPS) is 17.4. The standard InChI is InChI=1S/C27H33FN4O2/c1-27(2,3)24(29-4)26(33)31-18-9-6-16(7-10-18)22-15-21-19(12-13-30-25(21)32-22)20-14-17(28)8-11-23(20)34-5/h6,8,11-15,18,24,29H,7,9-10H2,1-5H3,(H,30,32)(H,31,33)/t18?,24-/m1/s1. The zero-order chi connectivity index (χ0) is 24.5. The number of aromatic nitrogens is 2. The molecule has 1 aliphatic rings. The molecular weight excluding hydrogens is 431 g/mol. The second-order valence-electron chi connectivity index (χ2n) is 9.95. The van der Waals surface area contributed by atoms with E-state index in [9.17, 15) is 9.18 Å². The summed E-state index contributed by atoms with van der Waals surface area (Å²) >= 11 is 0. The maximum Gasteiger partial charge on any atom is 0.237 e. The fourth-order valence-electron chi connectivity index (χ4n) is 4.78. The van der Waals surface area contributed by atoms with Gasteiger partial charge in [0.1, 0.15) is 17.2 Å². The highest BCUT2D eigenvalue weighted by Crippen LogP contribution is 2.37. The molecule has 0 spiro atoms. The Kier molecular flexibility index (Phi) is 6.75. The average molecular weight is 465 g/mol. The predicted molar refractivity (Wildman–Crippen MR) is 134 cm³/mol. The summed E-state index contributed by atoms with van der Waals surface area (Å²) in [7, 11) is 3.41. The number of nitrogens with one attached hydrogen (secondary N) is 3. The average Bonchev–Trinajstić information content (AvgIpc) is 3.23. The van der Waals surface area contributed by atoms with Gasteiger partial charge in [-0.1, -0.05) is 26.8 Å². The number of ether oxygens (including phenoxy) is 1. The monoisotopic (exact) mass is 464 g/mol. The minimum absolute atomic E-state index is 0.0420. The molecule has 2 aromatic heterocycles. The molecule has 0 aliphatic heterocycles. The van der Waals surface area contributed by atoms with E-state index in [0.717, 1.165) is 41.6 Å². The molecular formula is C27H33FN4O2. The number of benzene rings is 1. The molecule has 3 N–H and O–H groups in total. The van der Waals surface area contributed by atoms with Crippen molar-refractivity contribution in [2.45, 2.75) is 52.1 Å². The van der Waals surface area contributed by atoms with E-state index in [-0.39, 0.29) is 29.2 Å². The van der Waals surface area contributed by atoms with Crippen molar-refractivity contribution in [2.75, 3.05) is 14.2 Å². The molecule has 4 rings (SSSR count). The van der Waals surface area contributed by atoms with E-state index >= 15 is 0 Å². The zero-order valence-electron chi connectivity index (χ0n) is 20.5. The molecule has 1 unspecified atom stereocenters. The number of aromatic amines is 1. The molecule has 0 fully saturated rings. The highest BCUT2D eigenvalue weighted by Gasteiger charge is 2.31. The third-order valence-corrected chi connectivity index (χ3v) is 6.50. The zero-order valence-corrected chi connectivity index (χ0v) is 20.5. The summed E-state index contributed by atoms with van der Waals surface area (Å²) in [6.45, 7) is 6.18. The number of rotatable bonds is 6. The number of halogens is 1. The highest BCUT2D eigenvalue weighted by molar-refractivity contribution is 5.96. The molecule has 0 radical (unpaired) electrons. The molecule has 180 valence electrons. The predicted octanol–water partition coefficient (Wildman–Crippen LogP) is 5.06. The van der Waals surface area contributed by atoms with E-state index in [2.05, 4.69) is 53.5 Å². The summed E-state index contributed by atoms with van der Waals surface area (Å²) in [6, 6.07) is 8.35. The molecule has 3 aromatic rings. The lowest BCUT2D eigenvalue weighted by Gasteiger charge is -2.31. The van der Waals surface area contributed by atoms with Crippen molar-refractivity contribution in [3.8, 4) is 16.9 Å². The van der Waals surface area contributed by atoms with Crippen LogP contribution >= 0.6 is 0 Å². The number of likely N-dealkylation sites (N-methyl/N-ethyl adjacent to an activating group) is 1. The van der Waals surface area contributed by atoms with Gasteiger partial charge in [-0.15, -0.1) is 0 Å². The summed E-state index contributed by atoms with van der Waals surface area (Å²) in [6.07, 6.45) is 6.39. The topological polar surface area (TPSA) is 79.0 Å². The summed E-state index contributed by atoms with van der Waals surface area (Å²) in [5, 5.41) is 7.26. The Labute approximate surface area is 200 Å². The molecule has 0 saturated carbocycles. The van der Waals surface area contributed by atoms with Gasteiger partial charge in [0.25, 0.3) is 0 Å². The number of amides is 1. The number of nitrogens with zero attached hydrogens (tertiary/aromatic N) is 1. The third kappa shape index (κ3) is 4.85. The Hall–Kier alpha value is -3.19. The fraction of sp³-hybridized carbons (Fsp3) is 0.407. The summed E-state index contributed by atoms with van der Waals surface area (Å²) in [5.41, 5.74) is 4.34. The summed E-state index contributed by atoms with van der Waals surface area (Å²) in [4.78, 5) is 20.7. The van der Waals surface area contributed by atoms with Gasteiger partial charge in [-0.05, 0) is 73.2 Å². The van der Waals surface area contributed by atoms with E-state index in [1.807, 2.05) is 13.1 Å². The van der Waals surface area contributed by atoms with Crippen molar-refractivity contribution in [3.63, 3.8) is 0 Å². The molecule has 6 nitrogen and oxygen atoms in total. The molecule has 2 atom stereocenters. The fourth-order valence-corrected chi connectivity index (χ4v) is 4.78. The Bertz CT molecular complexity index is 1230. The van der Waals surface area contributed by atoms with Crippen LogP contribution in [-0.2, 0) is 4.79 Å². The molecule has 0 bridgehead atoms. The van der Waals surface area contributed by atoms with Crippen molar-refractivity contribution in [3.05, 3.63) is 54.1 Å². The van der Waals surface area contributed by atoms with Crippen LogP contribution < -0.4 is 15.4 Å². The van der Waals surface area contributed by atoms with Gasteiger partial charge in [0.2, 0.25) is 5.91 Å². The Balaban J connectivity index is 1.56. The first-order chi connectivity index (χ1) is 16.2. The molecule has 1 amide bonds. The molecule has 0 saturated heterocycles. The summed E-state index contributed by atoms with van der Waals surface area (Å²) in [5.74, 6) is 0.342. The number of carbonyl (C=O) groups is 1. The number of pyridine rings is 1. The van der Waals surface area contributed by atoms with Crippen LogP contribution in [0.15, 0.2) is 42.6 Å². The van der Waals surface area contributed by atoms with Crippen LogP contribution in [0.4, 0.5) is 4.39 Å². The molecule has 1 aromatic carbocycles. The summed E-state index contributed by atoms with van der Waals surface area (Å²) < 4.78 is 19.5. The maximum atomic E-state index is 14.0. The largest absolute Gasteiger partial charge is 0.496 e.